The van der Waals surface area contributed by atoms with E-state index in [2.05, 4.69) is 138 Å². The Morgan fingerprint density at radius 1 is 0.372 bits per heavy atom. The number of benzene rings is 6. The van der Waals surface area contributed by atoms with Gasteiger partial charge in [-0.05, 0) is 91.0 Å². The van der Waals surface area contributed by atoms with Crippen LogP contribution in [-0.2, 0) is 0 Å². The Labute approximate surface area is 249 Å². The van der Waals surface area contributed by atoms with Gasteiger partial charge >= 0.3 is 0 Å². The Kier molecular flexibility index (Phi) is 5.23. The molecule has 0 N–H and O–H groups in total. The molecule has 2 heteroatoms. The maximum atomic E-state index is 5.96. The van der Waals surface area contributed by atoms with Crippen molar-refractivity contribution in [1.29, 1.82) is 0 Å². The van der Waals surface area contributed by atoms with E-state index in [4.69, 9.17) is 4.42 Å². The van der Waals surface area contributed by atoms with E-state index in [-0.39, 0.29) is 0 Å². The maximum absolute atomic E-state index is 5.96. The highest BCUT2D eigenvalue weighted by Gasteiger charge is 2.23. The molecule has 1 aliphatic rings. The van der Waals surface area contributed by atoms with E-state index >= 15 is 0 Å². The lowest BCUT2D eigenvalue weighted by Gasteiger charge is -2.25. The van der Waals surface area contributed by atoms with E-state index < -0.39 is 0 Å². The molecule has 0 saturated carbocycles. The molecule has 2 nitrogen and oxygen atoms in total. The third-order valence-electron chi connectivity index (χ3n) is 8.76. The number of hydrogen-bond acceptors (Lipinski definition) is 2. The molecular weight excluding hydrogens is 522 g/mol. The first-order valence-electron chi connectivity index (χ1n) is 14.6. The summed E-state index contributed by atoms with van der Waals surface area (Å²) in [4.78, 5) is 4.39. The predicted octanol–water partition coefficient (Wildman–Crippen LogP) is 11.3. The first kappa shape index (κ1) is 23.9. The fourth-order valence-electron chi connectivity index (χ4n) is 6.78. The van der Waals surface area contributed by atoms with Crippen molar-refractivity contribution in [3.63, 3.8) is 0 Å². The highest BCUT2D eigenvalue weighted by molar-refractivity contribution is 6.07. The Hall–Kier alpha value is -5.73. The molecule has 2 aromatic heterocycles. The molecule has 8 aromatic rings. The topological polar surface area (TPSA) is 26.0 Å². The van der Waals surface area contributed by atoms with Gasteiger partial charge in [0.25, 0.3) is 0 Å². The molecular formula is C41H25NO. The smallest absolute Gasteiger partial charge is 0.227 e. The number of furan rings is 1. The summed E-state index contributed by atoms with van der Waals surface area (Å²) < 4.78 is 5.96. The number of nitrogens with zero attached hydrogens (tertiary/aromatic N) is 1. The van der Waals surface area contributed by atoms with E-state index in [1.807, 2.05) is 12.1 Å². The van der Waals surface area contributed by atoms with Gasteiger partial charge in [0.1, 0.15) is 5.58 Å². The third kappa shape index (κ3) is 3.70. The summed E-state index contributed by atoms with van der Waals surface area (Å²) in [5.74, 6) is 0. The highest BCUT2D eigenvalue weighted by Crippen LogP contribution is 2.50. The van der Waals surface area contributed by atoms with Gasteiger partial charge in [-0.25, -0.2) is 4.98 Å². The summed E-state index contributed by atoms with van der Waals surface area (Å²) in [6, 6.07) is 52.5. The number of aromatic nitrogens is 1. The second kappa shape index (κ2) is 9.40. The summed E-state index contributed by atoms with van der Waals surface area (Å²) in [6.07, 6.45) is 1.77. The minimum atomic E-state index is 0.676. The molecule has 0 unspecified atom stereocenters. The molecule has 200 valence electrons. The zero-order valence-corrected chi connectivity index (χ0v) is 23.3. The van der Waals surface area contributed by atoms with Gasteiger partial charge in [0.05, 0.1) is 0 Å². The lowest BCUT2D eigenvalue weighted by Crippen LogP contribution is -1.98. The molecule has 43 heavy (non-hydrogen) atoms. The average Bonchev–Trinajstić information content (AvgIpc) is 3.45. The first-order valence-corrected chi connectivity index (χ1v) is 14.6. The van der Waals surface area contributed by atoms with Crippen LogP contribution in [-0.4, -0.2) is 4.98 Å². The van der Waals surface area contributed by atoms with Crippen LogP contribution in [0.5, 0.6) is 0 Å². The van der Waals surface area contributed by atoms with Crippen LogP contribution in [0.2, 0.25) is 0 Å². The van der Waals surface area contributed by atoms with Crippen LogP contribution in [0.25, 0.3) is 88.8 Å². The monoisotopic (exact) mass is 547 g/mol. The van der Waals surface area contributed by atoms with Crippen LogP contribution in [0.15, 0.2) is 156 Å². The lowest BCUT2D eigenvalue weighted by molar-refractivity contribution is 0.654. The van der Waals surface area contributed by atoms with Gasteiger partial charge in [-0.3, -0.25) is 0 Å². The van der Waals surface area contributed by atoms with E-state index in [9.17, 15) is 0 Å². The van der Waals surface area contributed by atoms with Crippen LogP contribution < -0.4 is 0 Å². The van der Waals surface area contributed by atoms with Crippen molar-refractivity contribution in [1.82, 2.24) is 4.98 Å². The van der Waals surface area contributed by atoms with Gasteiger partial charge in [0, 0.05) is 17.0 Å². The van der Waals surface area contributed by atoms with Gasteiger partial charge in [-0.15, -0.1) is 0 Å². The van der Waals surface area contributed by atoms with Gasteiger partial charge < -0.3 is 4.42 Å². The van der Waals surface area contributed by atoms with E-state index in [0.29, 0.717) is 5.71 Å². The van der Waals surface area contributed by atoms with Crippen LogP contribution in [0.1, 0.15) is 0 Å². The third-order valence-corrected chi connectivity index (χ3v) is 8.76. The van der Waals surface area contributed by atoms with Crippen LogP contribution in [0.4, 0.5) is 0 Å². The second-order valence-electron chi connectivity index (χ2n) is 11.1. The number of hydrogen-bond donors (Lipinski definition) is 0. The van der Waals surface area contributed by atoms with Crippen molar-refractivity contribution in [2.24, 2.45) is 0 Å². The summed E-state index contributed by atoms with van der Waals surface area (Å²) in [7, 11) is 0. The number of rotatable bonds is 2. The van der Waals surface area contributed by atoms with E-state index in [1.54, 1.807) is 6.20 Å². The molecule has 0 bridgehead atoms. The Balaban J connectivity index is 1.23. The van der Waals surface area contributed by atoms with Crippen LogP contribution >= 0.6 is 0 Å². The number of pyridine rings is 1. The molecule has 2 heterocycles. The molecule has 0 amide bonds. The SMILES string of the molecule is c1ccc2c(c1)-c1ccccc1-c1cccc(-c3ccc(-c4ccc5oc6ncccc6c5c4)cc3)c1-c1ccccc1-2. The van der Waals surface area contributed by atoms with Crippen molar-refractivity contribution >= 4 is 22.1 Å². The van der Waals surface area contributed by atoms with Crippen LogP contribution in [0.3, 0.4) is 0 Å². The van der Waals surface area contributed by atoms with Gasteiger partial charge in [0.2, 0.25) is 5.71 Å². The molecule has 0 radical (unpaired) electrons. The summed E-state index contributed by atoms with van der Waals surface area (Å²) in [5.41, 5.74) is 16.4. The van der Waals surface area contributed by atoms with E-state index in [0.717, 1.165) is 21.9 Å². The molecule has 0 atom stereocenters. The van der Waals surface area contributed by atoms with Crippen molar-refractivity contribution < 1.29 is 4.42 Å². The van der Waals surface area contributed by atoms with Crippen LogP contribution in [0, 0.1) is 0 Å². The molecule has 0 fully saturated rings. The molecule has 0 spiro atoms. The quantitative estimate of drug-likeness (QED) is 0.215. The van der Waals surface area contributed by atoms with Crippen molar-refractivity contribution in [2.75, 3.05) is 0 Å². The Bertz CT molecular complexity index is 2340. The maximum Gasteiger partial charge on any atom is 0.227 e. The summed E-state index contributed by atoms with van der Waals surface area (Å²) >= 11 is 0. The summed E-state index contributed by atoms with van der Waals surface area (Å²) in [5, 5.41) is 2.13. The highest BCUT2D eigenvalue weighted by atomic mass is 16.3. The first-order chi connectivity index (χ1) is 21.3. The Morgan fingerprint density at radius 3 is 1.60 bits per heavy atom. The standard InChI is InChI=1S/C41H25NO/c1-2-10-31-30(9-1)32-11-3-4-12-34(32)36-16-7-15-29(40(36)35-14-6-5-13-33(31)35)27-20-18-26(19-21-27)28-22-23-39-38(25-28)37-17-8-24-42-41(37)43-39/h1-25H. The molecule has 9 rings (SSSR count). The minimum absolute atomic E-state index is 0.676. The second-order valence-corrected chi connectivity index (χ2v) is 11.1. The lowest BCUT2D eigenvalue weighted by atomic mass is 9.78. The number of fused-ring (bicyclic) bond motifs is 11. The van der Waals surface area contributed by atoms with Crippen molar-refractivity contribution in [3.05, 3.63) is 152 Å². The molecule has 1 aliphatic carbocycles. The van der Waals surface area contributed by atoms with Crippen molar-refractivity contribution in [2.45, 2.75) is 0 Å². The molecule has 0 aliphatic heterocycles. The average molecular weight is 548 g/mol. The zero-order chi connectivity index (χ0) is 28.3. The van der Waals surface area contributed by atoms with E-state index in [1.165, 1.54) is 61.2 Å². The normalized spacial score (nSPS) is 11.7. The molecule has 6 aromatic carbocycles. The van der Waals surface area contributed by atoms with Gasteiger partial charge in [-0.2, -0.15) is 0 Å². The van der Waals surface area contributed by atoms with Gasteiger partial charge in [0.15, 0.2) is 0 Å². The van der Waals surface area contributed by atoms with Gasteiger partial charge in [-0.1, -0.05) is 121 Å². The predicted molar refractivity (Wildman–Crippen MR) is 178 cm³/mol. The summed E-state index contributed by atoms with van der Waals surface area (Å²) in [6.45, 7) is 0. The molecule has 0 saturated heterocycles. The largest absolute Gasteiger partial charge is 0.438 e. The fourth-order valence-corrected chi connectivity index (χ4v) is 6.78. The fraction of sp³-hybridized carbons (Fsp3) is 0. The Morgan fingerprint density at radius 2 is 0.907 bits per heavy atom. The zero-order valence-electron chi connectivity index (χ0n) is 23.3. The van der Waals surface area contributed by atoms with Crippen molar-refractivity contribution in [3.8, 4) is 66.8 Å². The minimum Gasteiger partial charge on any atom is -0.438 e.